The normalized spacial score (nSPS) is 19.2. The number of rotatable bonds is 3. The number of halogens is 2. The van der Waals surface area contributed by atoms with E-state index < -0.39 is 0 Å². The lowest BCUT2D eigenvalue weighted by molar-refractivity contribution is 0.0388. The van der Waals surface area contributed by atoms with E-state index in [2.05, 4.69) is 20.9 Å². The Kier molecular flexibility index (Phi) is 5.19. The summed E-state index contributed by atoms with van der Waals surface area (Å²) >= 11 is 9.27. The van der Waals surface area contributed by atoms with Crippen LogP contribution in [0.3, 0.4) is 0 Å². The zero-order chi connectivity index (χ0) is 13.8. The summed E-state index contributed by atoms with van der Waals surface area (Å²) in [5, 5.41) is 0.236. The molecule has 0 radical (unpaired) electrons. The first kappa shape index (κ1) is 14.8. The largest absolute Gasteiger partial charge is 0.381 e. The van der Waals surface area contributed by atoms with Crippen molar-refractivity contribution < 1.29 is 9.53 Å². The first-order valence-electron chi connectivity index (χ1n) is 6.22. The van der Waals surface area contributed by atoms with E-state index in [0.717, 1.165) is 30.5 Å². The van der Waals surface area contributed by atoms with Crippen LogP contribution in [0.5, 0.6) is 0 Å². The number of amides is 1. The Balaban J connectivity index is 2.03. The minimum Gasteiger partial charge on any atom is -0.381 e. The molecule has 1 aromatic rings. The maximum Gasteiger partial charge on any atom is 0.256 e. The molecule has 1 saturated heterocycles. The molecule has 0 bridgehead atoms. The van der Waals surface area contributed by atoms with Crippen molar-refractivity contribution in [1.29, 1.82) is 0 Å². The maximum absolute atomic E-state index is 12.3. The molecule has 0 aliphatic carbocycles. The summed E-state index contributed by atoms with van der Waals surface area (Å²) in [4.78, 5) is 18.0. The molecule has 0 saturated carbocycles. The molecule has 1 unspecified atom stereocenters. The molecule has 6 heteroatoms. The van der Waals surface area contributed by atoms with Crippen molar-refractivity contribution >= 4 is 33.4 Å². The van der Waals surface area contributed by atoms with Crippen molar-refractivity contribution in [3.8, 4) is 0 Å². The van der Waals surface area contributed by atoms with Crippen molar-refractivity contribution in [3.05, 3.63) is 27.5 Å². The third kappa shape index (κ3) is 3.91. The minimum absolute atomic E-state index is 0.107. The smallest absolute Gasteiger partial charge is 0.256 e. The molecule has 1 fully saturated rings. The summed E-state index contributed by atoms with van der Waals surface area (Å²) in [7, 11) is 1.79. The summed E-state index contributed by atoms with van der Waals surface area (Å²) < 4.78 is 6.17. The zero-order valence-corrected chi connectivity index (χ0v) is 13.1. The quantitative estimate of drug-likeness (QED) is 0.789. The van der Waals surface area contributed by atoms with Gasteiger partial charge in [0.15, 0.2) is 0 Å². The molecule has 1 aromatic heterocycles. The van der Waals surface area contributed by atoms with Crippen LogP contribution in [0.2, 0.25) is 5.15 Å². The van der Waals surface area contributed by atoms with Gasteiger partial charge in [0.2, 0.25) is 0 Å². The summed E-state index contributed by atoms with van der Waals surface area (Å²) in [6.45, 7) is 2.24. The van der Waals surface area contributed by atoms with Gasteiger partial charge in [-0.1, -0.05) is 11.6 Å². The fraction of sp³-hybridized carbons (Fsp3) is 0.538. The predicted molar refractivity (Wildman–Crippen MR) is 77.5 cm³/mol. The average molecular weight is 348 g/mol. The van der Waals surface area contributed by atoms with Gasteiger partial charge >= 0.3 is 0 Å². The van der Waals surface area contributed by atoms with Gasteiger partial charge in [-0.15, -0.1) is 0 Å². The van der Waals surface area contributed by atoms with Crippen LogP contribution in [-0.2, 0) is 4.74 Å². The van der Waals surface area contributed by atoms with Crippen LogP contribution < -0.4 is 0 Å². The lowest BCUT2D eigenvalue weighted by atomic mass is 10.0. The van der Waals surface area contributed by atoms with Gasteiger partial charge in [-0.3, -0.25) is 4.79 Å². The molecule has 1 aliphatic rings. The summed E-state index contributed by atoms with van der Waals surface area (Å²) in [5.74, 6) is 0.297. The summed E-state index contributed by atoms with van der Waals surface area (Å²) in [6.07, 6.45) is 3.74. The molecule has 0 spiro atoms. The second kappa shape index (κ2) is 6.68. The third-order valence-electron chi connectivity index (χ3n) is 3.17. The lowest BCUT2D eigenvalue weighted by Crippen LogP contribution is -2.35. The SMILES string of the molecule is CN(CC1CCCOC1)C(=O)c1cc(Br)cnc1Cl. The molecule has 19 heavy (non-hydrogen) atoms. The number of carbonyl (C=O) groups excluding carboxylic acids is 1. The van der Waals surface area contributed by atoms with E-state index in [-0.39, 0.29) is 11.1 Å². The zero-order valence-electron chi connectivity index (χ0n) is 10.7. The maximum atomic E-state index is 12.3. The van der Waals surface area contributed by atoms with Gasteiger partial charge in [0, 0.05) is 30.9 Å². The van der Waals surface area contributed by atoms with Crippen LogP contribution in [0.15, 0.2) is 16.7 Å². The van der Waals surface area contributed by atoms with Crippen molar-refractivity contribution in [2.45, 2.75) is 12.8 Å². The Morgan fingerprint density at radius 1 is 1.68 bits per heavy atom. The van der Waals surface area contributed by atoms with E-state index in [1.807, 2.05) is 0 Å². The Morgan fingerprint density at radius 3 is 3.16 bits per heavy atom. The van der Waals surface area contributed by atoms with Crippen LogP contribution in [-0.4, -0.2) is 42.6 Å². The van der Waals surface area contributed by atoms with Crippen LogP contribution in [0, 0.1) is 5.92 Å². The standard InChI is InChI=1S/C13H16BrClN2O2/c1-17(7-9-3-2-4-19-8-9)13(18)11-5-10(14)6-16-12(11)15/h5-6,9H,2-4,7-8H2,1H3. The molecule has 1 atom stereocenters. The topological polar surface area (TPSA) is 42.4 Å². The minimum atomic E-state index is -0.107. The Morgan fingerprint density at radius 2 is 2.47 bits per heavy atom. The van der Waals surface area contributed by atoms with Gasteiger partial charge in [0.1, 0.15) is 5.15 Å². The number of carbonyl (C=O) groups is 1. The first-order chi connectivity index (χ1) is 9.08. The van der Waals surface area contributed by atoms with Crippen molar-refractivity contribution in [2.24, 2.45) is 5.92 Å². The fourth-order valence-electron chi connectivity index (χ4n) is 2.20. The molecular weight excluding hydrogens is 332 g/mol. The van der Waals surface area contributed by atoms with Gasteiger partial charge in [-0.05, 0) is 40.8 Å². The summed E-state index contributed by atoms with van der Waals surface area (Å²) in [6, 6.07) is 1.70. The number of hydrogen-bond acceptors (Lipinski definition) is 3. The molecule has 2 rings (SSSR count). The van der Waals surface area contributed by atoms with Crippen LogP contribution in [0.1, 0.15) is 23.2 Å². The molecule has 1 amide bonds. The van der Waals surface area contributed by atoms with Gasteiger partial charge in [0.05, 0.1) is 12.2 Å². The highest BCUT2D eigenvalue weighted by Crippen LogP contribution is 2.21. The monoisotopic (exact) mass is 346 g/mol. The predicted octanol–water partition coefficient (Wildman–Crippen LogP) is 3.00. The molecular formula is C13H16BrClN2O2. The molecule has 0 N–H and O–H groups in total. The van der Waals surface area contributed by atoms with E-state index >= 15 is 0 Å². The average Bonchev–Trinajstić information content (AvgIpc) is 2.42. The van der Waals surface area contributed by atoms with Crippen molar-refractivity contribution in [1.82, 2.24) is 9.88 Å². The van der Waals surface area contributed by atoms with E-state index in [1.54, 1.807) is 24.2 Å². The van der Waals surface area contributed by atoms with Gasteiger partial charge in [-0.25, -0.2) is 4.98 Å². The molecule has 2 heterocycles. The van der Waals surface area contributed by atoms with Crippen LogP contribution in [0.4, 0.5) is 0 Å². The second-order valence-electron chi connectivity index (χ2n) is 4.76. The highest BCUT2D eigenvalue weighted by molar-refractivity contribution is 9.10. The van der Waals surface area contributed by atoms with Crippen LogP contribution >= 0.6 is 27.5 Å². The fourth-order valence-corrected chi connectivity index (χ4v) is 2.72. The van der Waals surface area contributed by atoms with E-state index in [9.17, 15) is 4.79 Å². The van der Waals surface area contributed by atoms with E-state index in [0.29, 0.717) is 18.0 Å². The molecule has 0 aromatic carbocycles. The molecule has 1 aliphatic heterocycles. The Hall–Kier alpha value is -0.650. The van der Waals surface area contributed by atoms with Gasteiger partial charge in [0.25, 0.3) is 5.91 Å². The number of aromatic nitrogens is 1. The van der Waals surface area contributed by atoms with E-state index in [1.165, 1.54) is 0 Å². The Labute approximate surface area is 126 Å². The molecule has 104 valence electrons. The van der Waals surface area contributed by atoms with E-state index in [4.69, 9.17) is 16.3 Å². The van der Waals surface area contributed by atoms with Crippen molar-refractivity contribution in [3.63, 3.8) is 0 Å². The third-order valence-corrected chi connectivity index (χ3v) is 3.90. The van der Waals surface area contributed by atoms with Gasteiger partial charge in [-0.2, -0.15) is 0 Å². The highest BCUT2D eigenvalue weighted by atomic mass is 79.9. The van der Waals surface area contributed by atoms with Crippen molar-refractivity contribution in [2.75, 3.05) is 26.8 Å². The summed E-state index contributed by atoms with van der Waals surface area (Å²) in [5.41, 5.74) is 0.426. The number of nitrogens with zero attached hydrogens (tertiary/aromatic N) is 2. The first-order valence-corrected chi connectivity index (χ1v) is 7.39. The van der Waals surface area contributed by atoms with Crippen LogP contribution in [0.25, 0.3) is 0 Å². The second-order valence-corrected chi connectivity index (χ2v) is 6.03. The Bertz CT molecular complexity index is 464. The lowest BCUT2D eigenvalue weighted by Gasteiger charge is -2.27. The molecule has 4 nitrogen and oxygen atoms in total. The highest BCUT2D eigenvalue weighted by Gasteiger charge is 2.21. The number of ether oxygens (including phenoxy) is 1. The number of pyridine rings is 1. The number of hydrogen-bond donors (Lipinski definition) is 0. The van der Waals surface area contributed by atoms with Gasteiger partial charge < -0.3 is 9.64 Å².